The Bertz CT molecular complexity index is 1670. The molecule has 0 aromatic carbocycles. The van der Waals surface area contributed by atoms with Gasteiger partial charge in [0.1, 0.15) is 17.1 Å². The molecule has 4 aromatic rings. The molecule has 1 amide bonds. The van der Waals surface area contributed by atoms with Crippen LogP contribution in [0.1, 0.15) is 58.1 Å². The zero-order chi connectivity index (χ0) is 30.1. The number of aryl methyl sites for hydroxylation is 1. The molecule has 2 fully saturated rings. The van der Waals surface area contributed by atoms with Crippen LogP contribution in [0.4, 0.5) is 22.2 Å². The number of fused-ring (bicyclic) bond motifs is 1. The number of anilines is 3. The number of hydrogen-bond acceptors (Lipinski definition) is 9. The first-order valence-corrected chi connectivity index (χ1v) is 15.0. The molecule has 224 valence electrons. The molecule has 43 heavy (non-hydrogen) atoms. The van der Waals surface area contributed by atoms with Gasteiger partial charge in [-0.1, -0.05) is 18.9 Å². The van der Waals surface area contributed by atoms with Crippen molar-refractivity contribution in [3.63, 3.8) is 0 Å². The van der Waals surface area contributed by atoms with Crippen LogP contribution in [0.2, 0.25) is 0 Å². The summed E-state index contributed by atoms with van der Waals surface area (Å²) in [5.41, 5.74) is 3.37. The highest BCUT2D eigenvalue weighted by molar-refractivity contribution is 5.86. The van der Waals surface area contributed by atoms with Gasteiger partial charge in [-0.15, -0.1) is 0 Å². The lowest BCUT2D eigenvalue weighted by Crippen LogP contribution is -2.50. The van der Waals surface area contributed by atoms with Crippen LogP contribution >= 0.6 is 0 Å². The second-order valence-electron chi connectivity index (χ2n) is 12.3. The summed E-state index contributed by atoms with van der Waals surface area (Å²) in [6.45, 7) is 10.1. The average Bonchev–Trinajstić information content (AvgIpc) is 3.52. The van der Waals surface area contributed by atoms with Crippen LogP contribution in [0.5, 0.6) is 0 Å². The van der Waals surface area contributed by atoms with Crippen LogP contribution in [0.15, 0.2) is 53.8 Å². The van der Waals surface area contributed by atoms with Gasteiger partial charge < -0.3 is 19.9 Å². The van der Waals surface area contributed by atoms with Crippen LogP contribution in [0.25, 0.3) is 22.2 Å². The lowest BCUT2D eigenvalue weighted by atomic mass is 10.0. The minimum atomic E-state index is -0.509. The highest BCUT2D eigenvalue weighted by Gasteiger charge is 2.27. The Hall–Kier alpha value is -4.54. The number of piperazine rings is 1. The molecule has 0 atom stereocenters. The standard InChI is InChI=1S/C32H38N8O3/c1-21-25-20-35-30(37-28(25)40(23-9-5-6-10-23)29(41)27(21)22-8-7-13-33-18-22)36-26-12-11-24(19-34-26)38-14-16-39(17-15-38)31(42)43-32(2,3)4/h7-8,11-13,18-20,23H,5-6,9-10,14-17H2,1-4H3,(H,34,35,36,37). The maximum atomic E-state index is 14.0. The van der Waals surface area contributed by atoms with Crippen molar-refractivity contribution in [2.75, 3.05) is 36.4 Å². The molecule has 1 aliphatic carbocycles. The smallest absolute Gasteiger partial charge is 0.410 e. The average molecular weight is 583 g/mol. The number of rotatable bonds is 5. The summed E-state index contributed by atoms with van der Waals surface area (Å²) in [5.74, 6) is 0.993. The van der Waals surface area contributed by atoms with E-state index in [2.05, 4.69) is 25.2 Å². The molecule has 6 rings (SSSR count). The van der Waals surface area contributed by atoms with Crippen molar-refractivity contribution >= 4 is 34.6 Å². The number of carbonyl (C=O) groups is 1. The number of aromatic nitrogens is 5. The van der Waals surface area contributed by atoms with Crippen molar-refractivity contribution in [1.82, 2.24) is 29.4 Å². The molecule has 11 nitrogen and oxygen atoms in total. The lowest BCUT2D eigenvalue weighted by molar-refractivity contribution is 0.0240. The highest BCUT2D eigenvalue weighted by atomic mass is 16.6. The maximum Gasteiger partial charge on any atom is 0.410 e. The molecule has 0 spiro atoms. The van der Waals surface area contributed by atoms with Crippen LogP contribution < -0.4 is 15.8 Å². The van der Waals surface area contributed by atoms with Crippen molar-refractivity contribution in [3.05, 3.63) is 65.0 Å². The molecule has 0 bridgehead atoms. The predicted octanol–water partition coefficient (Wildman–Crippen LogP) is 5.47. The molecule has 1 saturated carbocycles. The Morgan fingerprint density at radius 1 is 1.00 bits per heavy atom. The number of nitrogens with one attached hydrogen (secondary N) is 1. The van der Waals surface area contributed by atoms with Crippen molar-refractivity contribution < 1.29 is 9.53 Å². The number of pyridine rings is 3. The molecule has 1 aliphatic heterocycles. The first kappa shape index (κ1) is 28.6. The van der Waals surface area contributed by atoms with E-state index in [9.17, 15) is 9.59 Å². The molecule has 0 unspecified atom stereocenters. The lowest BCUT2D eigenvalue weighted by Gasteiger charge is -2.36. The largest absolute Gasteiger partial charge is 0.444 e. The number of ether oxygens (including phenoxy) is 1. The number of amides is 1. The fourth-order valence-electron chi connectivity index (χ4n) is 5.98. The predicted molar refractivity (Wildman–Crippen MR) is 167 cm³/mol. The van der Waals surface area contributed by atoms with E-state index in [1.54, 1.807) is 23.5 Å². The monoisotopic (exact) mass is 582 g/mol. The van der Waals surface area contributed by atoms with Crippen LogP contribution in [0.3, 0.4) is 0 Å². The molecular weight excluding hydrogens is 544 g/mol. The number of carbonyl (C=O) groups excluding carboxylic acids is 1. The summed E-state index contributed by atoms with van der Waals surface area (Å²) < 4.78 is 7.38. The molecule has 2 aliphatic rings. The van der Waals surface area contributed by atoms with E-state index in [0.717, 1.165) is 47.9 Å². The topological polar surface area (TPSA) is 118 Å². The molecule has 4 aromatic heterocycles. The van der Waals surface area contributed by atoms with Gasteiger partial charge in [0, 0.05) is 61.8 Å². The Balaban J connectivity index is 1.22. The Kier molecular flexibility index (Phi) is 7.72. The van der Waals surface area contributed by atoms with Gasteiger partial charge in [-0.05, 0) is 64.3 Å². The fourth-order valence-corrected chi connectivity index (χ4v) is 5.98. The van der Waals surface area contributed by atoms with Gasteiger partial charge in [-0.3, -0.25) is 14.3 Å². The summed E-state index contributed by atoms with van der Waals surface area (Å²) in [6, 6.07) is 7.77. The summed E-state index contributed by atoms with van der Waals surface area (Å²) >= 11 is 0. The zero-order valence-electron chi connectivity index (χ0n) is 25.2. The van der Waals surface area contributed by atoms with E-state index in [-0.39, 0.29) is 17.7 Å². The van der Waals surface area contributed by atoms with Crippen molar-refractivity contribution in [2.24, 2.45) is 0 Å². The Labute approximate surface area is 251 Å². The molecule has 5 heterocycles. The highest BCUT2D eigenvalue weighted by Crippen LogP contribution is 2.34. The molecule has 0 radical (unpaired) electrons. The Morgan fingerprint density at radius 3 is 2.42 bits per heavy atom. The van der Waals surface area contributed by atoms with E-state index in [1.807, 2.05) is 62.7 Å². The van der Waals surface area contributed by atoms with E-state index in [0.29, 0.717) is 49.2 Å². The quantitative estimate of drug-likeness (QED) is 0.327. The van der Waals surface area contributed by atoms with Crippen molar-refractivity contribution in [2.45, 2.75) is 65.0 Å². The Morgan fingerprint density at radius 2 is 1.77 bits per heavy atom. The third-order valence-electron chi connectivity index (χ3n) is 8.13. The van der Waals surface area contributed by atoms with Gasteiger partial charge in [0.05, 0.1) is 17.4 Å². The molecule has 11 heteroatoms. The first-order valence-electron chi connectivity index (χ1n) is 15.0. The van der Waals surface area contributed by atoms with Crippen LogP contribution in [-0.2, 0) is 4.74 Å². The van der Waals surface area contributed by atoms with Crippen molar-refractivity contribution in [1.29, 1.82) is 0 Å². The zero-order valence-corrected chi connectivity index (χ0v) is 25.2. The third kappa shape index (κ3) is 6.02. The van der Waals surface area contributed by atoms with Gasteiger partial charge in [-0.2, -0.15) is 4.98 Å². The molecule has 1 saturated heterocycles. The van der Waals surface area contributed by atoms with Crippen LogP contribution in [-0.4, -0.2) is 67.3 Å². The summed E-state index contributed by atoms with van der Waals surface area (Å²) in [6.07, 6.45) is 10.9. The fraction of sp³-hybridized carbons (Fsp3) is 0.438. The molecule has 1 N–H and O–H groups in total. The van der Waals surface area contributed by atoms with Gasteiger partial charge in [0.15, 0.2) is 0 Å². The van der Waals surface area contributed by atoms with E-state index in [1.165, 1.54) is 0 Å². The summed E-state index contributed by atoms with van der Waals surface area (Å²) in [5, 5.41) is 4.08. The van der Waals surface area contributed by atoms with Crippen molar-refractivity contribution in [3.8, 4) is 11.1 Å². The first-order chi connectivity index (χ1) is 20.7. The second-order valence-corrected chi connectivity index (χ2v) is 12.3. The number of hydrogen-bond donors (Lipinski definition) is 1. The minimum absolute atomic E-state index is 0.0382. The minimum Gasteiger partial charge on any atom is -0.444 e. The van der Waals surface area contributed by atoms with Crippen LogP contribution in [0, 0.1) is 6.92 Å². The third-order valence-corrected chi connectivity index (χ3v) is 8.13. The number of nitrogens with zero attached hydrogens (tertiary/aromatic N) is 7. The van der Waals surface area contributed by atoms with Gasteiger partial charge in [0.25, 0.3) is 5.56 Å². The molecular formula is C32H38N8O3. The normalized spacial score (nSPS) is 16.1. The van der Waals surface area contributed by atoms with Gasteiger partial charge in [-0.25, -0.2) is 14.8 Å². The van der Waals surface area contributed by atoms with Gasteiger partial charge >= 0.3 is 6.09 Å². The second kappa shape index (κ2) is 11.6. The van der Waals surface area contributed by atoms with E-state index in [4.69, 9.17) is 9.72 Å². The van der Waals surface area contributed by atoms with E-state index < -0.39 is 5.60 Å². The SMILES string of the molecule is Cc1c(-c2cccnc2)c(=O)n(C2CCCC2)c2nc(Nc3ccc(N4CCN(C(=O)OC(C)(C)C)CC4)cn3)ncc12. The summed E-state index contributed by atoms with van der Waals surface area (Å²) in [4.78, 5) is 48.6. The van der Waals surface area contributed by atoms with Gasteiger partial charge in [0.2, 0.25) is 5.95 Å². The van der Waals surface area contributed by atoms with E-state index >= 15 is 0 Å². The maximum absolute atomic E-state index is 14.0. The summed E-state index contributed by atoms with van der Waals surface area (Å²) in [7, 11) is 0.